The average Bonchev–Trinajstić information content (AvgIpc) is 2.80. The summed E-state index contributed by atoms with van der Waals surface area (Å²) in [7, 11) is 0. The largest absolute Gasteiger partial charge is 0.342 e. The minimum atomic E-state index is 0.307. The molecular weight excluding hydrogens is 242 g/mol. The zero-order chi connectivity index (χ0) is 13.0. The Kier molecular flexibility index (Phi) is 4.70. The third kappa shape index (κ3) is 3.77. The van der Waals surface area contributed by atoms with Crippen LogP contribution in [0.25, 0.3) is 0 Å². The van der Waals surface area contributed by atoms with E-state index in [-0.39, 0.29) is 0 Å². The van der Waals surface area contributed by atoms with E-state index < -0.39 is 0 Å². The summed E-state index contributed by atoms with van der Waals surface area (Å²) in [6.45, 7) is 6.17. The zero-order valence-electron chi connectivity index (χ0n) is 11.2. The van der Waals surface area contributed by atoms with Crippen LogP contribution in [0.4, 0.5) is 0 Å². The molecule has 1 aromatic carbocycles. The molecule has 0 saturated carbocycles. The summed E-state index contributed by atoms with van der Waals surface area (Å²) in [5.74, 6) is 1.86. The van der Waals surface area contributed by atoms with Crippen molar-refractivity contribution in [2.24, 2.45) is 0 Å². The van der Waals surface area contributed by atoms with E-state index in [0.717, 1.165) is 18.8 Å². The number of rotatable bonds is 4. The number of benzene rings is 1. The highest BCUT2D eigenvalue weighted by Crippen LogP contribution is 2.17. The van der Waals surface area contributed by atoms with E-state index in [9.17, 15) is 4.79 Å². The van der Waals surface area contributed by atoms with Crippen molar-refractivity contribution in [2.45, 2.75) is 32.4 Å². The molecule has 18 heavy (non-hydrogen) atoms. The van der Waals surface area contributed by atoms with Crippen molar-refractivity contribution in [1.29, 1.82) is 0 Å². The summed E-state index contributed by atoms with van der Waals surface area (Å²) in [6, 6.07) is 6.60. The highest BCUT2D eigenvalue weighted by Gasteiger charge is 2.17. The van der Waals surface area contributed by atoms with Crippen LogP contribution in [-0.2, 0) is 10.5 Å². The Morgan fingerprint density at radius 2 is 1.78 bits per heavy atom. The predicted molar refractivity (Wildman–Crippen MR) is 77.9 cm³/mol. The molecule has 1 aliphatic heterocycles. The van der Waals surface area contributed by atoms with Crippen molar-refractivity contribution in [3.05, 3.63) is 34.9 Å². The molecule has 1 fully saturated rings. The molecule has 1 amide bonds. The molecule has 0 aromatic heterocycles. The molecule has 0 bridgehead atoms. The number of hydrogen-bond acceptors (Lipinski definition) is 2. The first-order valence-electron chi connectivity index (χ1n) is 6.58. The molecule has 0 N–H and O–H groups in total. The number of amides is 1. The van der Waals surface area contributed by atoms with E-state index in [1.165, 1.54) is 29.5 Å². The Morgan fingerprint density at radius 3 is 2.39 bits per heavy atom. The zero-order valence-corrected chi connectivity index (χ0v) is 12.1. The lowest BCUT2D eigenvalue weighted by Crippen LogP contribution is -2.29. The van der Waals surface area contributed by atoms with Gasteiger partial charge in [0.2, 0.25) is 5.91 Å². The van der Waals surface area contributed by atoms with Gasteiger partial charge in [0, 0.05) is 18.8 Å². The van der Waals surface area contributed by atoms with Crippen LogP contribution in [0.15, 0.2) is 18.2 Å². The maximum absolute atomic E-state index is 11.9. The van der Waals surface area contributed by atoms with Gasteiger partial charge in [-0.15, -0.1) is 11.8 Å². The topological polar surface area (TPSA) is 20.3 Å². The van der Waals surface area contributed by atoms with Gasteiger partial charge in [-0.2, -0.15) is 0 Å². The summed E-state index contributed by atoms with van der Waals surface area (Å²) in [5.41, 5.74) is 3.93. The molecule has 0 atom stereocenters. The van der Waals surface area contributed by atoms with E-state index in [1.54, 1.807) is 11.8 Å². The summed E-state index contributed by atoms with van der Waals surface area (Å²) < 4.78 is 0. The quantitative estimate of drug-likeness (QED) is 0.831. The molecule has 0 aliphatic carbocycles. The van der Waals surface area contributed by atoms with Crippen LogP contribution in [-0.4, -0.2) is 29.6 Å². The SMILES string of the molecule is Cc1cc(C)cc(CSCC(=O)N2CCCC2)c1. The van der Waals surface area contributed by atoms with Crippen LogP contribution in [0.2, 0.25) is 0 Å². The van der Waals surface area contributed by atoms with Gasteiger partial charge in [0.05, 0.1) is 5.75 Å². The second-order valence-corrected chi connectivity index (χ2v) is 6.06. The molecule has 0 unspecified atom stereocenters. The summed E-state index contributed by atoms with van der Waals surface area (Å²) in [6.07, 6.45) is 2.35. The van der Waals surface area contributed by atoms with Gasteiger partial charge in [-0.05, 0) is 32.3 Å². The van der Waals surface area contributed by atoms with Gasteiger partial charge in [-0.1, -0.05) is 29.3 Å². The van der Waals surface area contributed by atoms with E-state index in [2.05, 4.69) is 32.0 Å². The number of thioether (sulfide) groups is 1. The average molecular weight is 263 g/mol. The summed E-state index contributed by atoms with van der Waals surface area (Å²) in [4.78, 5) is 13.9. The maximum atomic E-state index is 11.9. The fourth-order valence-corrected chi connectivity index (χ4v) is 3.33. The smallest absolute Gasteiger partial charge is 0.232 e. The van der Waals surface area contributed by atoms with Gasteiger partial charge in [0.25, 0.3) is 0 Å². The molecule has 3 heteroatoms. The monoisotopic (exact) mass is 263 g/mol. The van der Waals surface area contributed by atoms with Crippen molar-refractivity contribution in [3.63, 3.8) is 0 Å². The Hall–Kier alpha value is -0.960. The normalized spacial score (nSPS) is 15.1. The molecule has 2 rings (SSSR count). The predicted octanol–water partition coefficient (Wildman–Crippen LogP) is 3.16. The number of likely N-dealkylation sites (tertiary alicyclic amines) is 1. The molecule has 0 spiro atoms. The van der Waals surface area contributed by atoms with Crippen LogP contribution < -0.4 is 0 Å². The molecule has 1 heterocycles. The molecular formula is C15H21NOS. The number of aryl methyl sites for hydroxylation is 2. The fraction of sp³-hybridized carbons (Fsp3) is 0.533. The Bertz CT molecular complexity index is 404. The second kappa shape index (κ2) is 6.28. The van der Waals surface area contributed by atoms with Crippen molar-refractivity contribution in [3.8, 4) is 0 Å². The summed E-state index contributed by atoms with van der Waals surface area (Å²) >= 11 is 1.73. The van der Waals surface area contributed by atoms with Gasteiger partial charge in [-0.25, -0.2) is 0 Å². The van der Waals surface area contributed by atoms with E-state index in [0.29, 0.717) is 11.7 Å². The molecule has 1 aromatic rings. The van der Waals surface area contributed by atoms with E-state index >= 15 is 0 Å². The Morgan fingerprint density at radius 1 is 1.17 bits per heavy atom. The third-order valence-corrected chi connectivity index (χ3v) is 4.22. The van der Waals surface area contributed by atoms with E-state index in [1.807, 2.05) is 4.90 Å². The van der Waals surface area contributed by atoms with Crippen LogP contribution in [0.5, 0.6) is 0 Å². The third-order valence-electron chi connectivity index (χ3n) is 3.23. The summed E-state index contributed by atoms with van der Waals surface area (Å²) in [5, 5.41) is 0. The van der Waals surface area contributed by atoms with Crippen molar-refractivity contribution in [1.82, 2.24) is 4.90 Å². The fourth-order valence-electron chi connectivity index (χ4n) is 2.47. The van der Waals surface area contributed by atoms with Gasteiger partial charge in [-0.3, -0.25) is 4.79 Å². The first-order valence-corrected chi connectivity index (χ1v) is 7.73. The Balaban J connectivity index is 1.79. The lowest BCUT2D eigenvalue weighted by Gasteiger charge is -2.14. The van der Waals surface area contributed by atoms with Gasteiger partial charge < -0.3 is 4.90 Å². The maximum Gasteiger partial charge on any atom is 0.232 e. The minimum Gasteiger partial charge on any atom is -0.342 e. The van der Waals surface area contributed by atoms with Gasteiger partial charge in [0.1, 0.15) is 0 Å². The standard InChI is InChI=1S/C15H21NOS/c1-12-7-13(2)9-14(8-12)10-18-11-15(17)16-5-3-4-6-16/h7-9H,3-6,10-11H2,1-2H3. The second-order valence-electron chi connectivity index (χ2n) is 5.08. The number of nitrogens with zero attached hydrogens (tertiary/aromatic N) is 1. The van der Waals surface area contributed by atoms with Crippen LogP contribution in [0.1, 0.15) is 29.5 Å². The molecule has 1 aliphatic rings. The molecule has 98 valence electrons. The highest BCUT2D eigenvalue weighted by atomic mass is 32.2. The van der Waals surface area contributed by atoms with Crippen molar-refractivity contribution in [2.75, 3.05) is 18.8 Å². The highest BCUT2D eigenvalue weighted by molar-refractivity contribution is 7.99. The van der Waals surface area contributed by atoms with Crippen LogP contribution >= 0.6 is 11.8 Å². The molecule has 1 saturated heterocycles. The molecule has 0 radical (unpaired) electrons. The van der Waals surface area contributed by atoms with Gasteiger partial charge >= 0.3 is 0 Å². The number of hydrogen-bond donors (Lipinski definition) is 0. The Labute approximate surface area is 114 Å². The minimum absolute atomic E-state index is 0.307. The number of carbonyl (C=O) groups is 1. The van der Waals surface area contributed by atoms with Crippen LogP contribution in [0.3, 0.4) is 0 Å². The molecule has 2 nitrogen and oxygen atoms in total. The lowest BCUT2D eigenvalue weighted by atomic mass is 10.1. The first kappa shape index (κ1) is 13.5. The van der Waals surface area contributed by atoms with E-state index in [4.69, 9.17) is 0 Å². The van der Waals surface area contributed by atoms with Gasteiger partial charge in [0.15, 0.2) is 0 Å². The van der Waals surface area contributed by atoms with Crippen LogP contribution in [0, 0.1) is 13.8 Å². The van der Waals surface area contributed by atoms with Crippen molar-refractivity contribution < 1.29 is 4.79 Å². The lowest BCUT2D eigenvalue weighted by molar-refractivity contribution is -0.127. The van der Waals surface area contributed by atoms with Crippen molar-refractivity contribution >= 4 is 17.7 Å². The first-order chi connectivity index (χ1) is 8.65. The number of carbonyl (C=O) groups excluding carboxylic acids is 1.